The molecule has 3 nitrogen and oxygen atoms in total. The predicted octanol–water partition coefficient (Wildman–Crippen LogP) is 3.21. The molecule has 0 aliphatic heterocycles. The highest BCUT2D eigenvalue weighted by Crippen LogP contribution is 2.31. The molecule has 0 atom stereocenters. The first-order chi connectivity index (χ1) is 8.58. The minimum atomic E-state index is -1.12. The Hall–Kier alpha value is -1.95. The van der Waals surface area contributed by atoms with Gasteiger partial charge in [0.05, 0.1) is 5.56 Å². The van der Waals surface area contributed by atoms with Gasteiger partial charge in [0.2, 0.25) is 0 Å². The zero-order valence-electron chi connectivity index (χ0n) is 8.93. The fourth-order valence-corrected chi connectivity index (χ4v) is 2.22. The summed E-state index contributed by atoms with van der Waals surface area (Å²) in [6.07, 6.45) is 2.67. The van der Waals surface area contributed by atoms with Gasteiger partial charge in [0.25, 0.3) is 0 Å². The van der Waals surface area contributed by atoms with Gasteiger partial charge in [-0.05, 0) is 18.2 Å². The predicted molar refractivity (Wildman–Crippen MR) is 61.7 cm³/mol. The Morgan fingerprint density at radius 1 is 1.22 bits per heavy atom. The number of carboxylic acid groups (broad SMARTS) is 1. The zero-order chi connectivity index (χ0) is 13.1. The van der Waals surface area contributed by atoms with Gasteiger partial charge in [0.15, 0.2) is 0 Å². The van der Waals surface area contributed by atoms with Crippen molar-refractivity contribution < 1.29 is 18.7 Å². The molecule has 0 saturated heterocycles. The highest BCUT2D eigenvalue weighted by molar-refractivity contribution is 7.99. The second-order valence-corrected chi connectivity index (χ2v) is 4.44. The van der Waals surface area contributed by atoms with E-state index >= 15 is 0 Å². The van der Waals surface area contributed by atoms with Crippen LogP contribution in [-0.2, 0) is 0 Å². The molecule has 92 valence electrons. The Bertz CT molecular complexity index is 604. The Labute approximate surface area is 105 Å². The monoisotopic (exact) mass is 267 g/mol. The quantitative estimate of drug-likeness (QED) is 0.927. The average Bonchev–Trinajstić information content (AvgIpc) is 2.33. The summed E-state index contributed by atoms with van der Waals surface area (Å²) in [6, 6.07) is 4.45. The van der Waals surface area contributed by atoms with E-state index < -0.39 is 17.6 Å². The van der Waals surface area contributed by atoms with Crippen LogP contribution in [-0.4, -0.2) is 16.1 Å². The highest BCUT2D eigenvalue weighted by Gasteiger charge is 2.13. The normalized spacial score (nSPS) is 10.3. The number of halogens is 2. The lowest BCUT2D eigenvalue weighted by Crippen LogP contribution is -1.99. The second kappa shape index (κ2) is 5.14. The number of hydrogen-bond acceptors (Lipinski definition) is 3. The van der Waals surface area contributed by atoms with Gasteiger partial charge in [0.1, 0.15) is 11.6 Å². The number of pyridine rings is 1. The molecule has 1 aromatic carbocycles. The number of aromatic carboxylic acids is 1. The van der Waals surface area contributed by atoms with Gasteiger partial charge < -0.3 is 5.11 Å². The molecule has 2 aromatic rings. The van der Waals surface area contributed by atoms with Gasteiger partial charge in [-0.2, -0.15) is 0 Å². The summed E-state index contributed by atoms with van der Waals surface area (Å²) >= 11 is 0.893. The summed E-state index contributed by atoms with van der Waals surface area (Å²) in [5.41, 5.74) is 0.0266. The van der Waals surface area contributed by atoms with E-state index in [0.717, 1.165) is 23.9 Å². The third-order valence-electron chi connectivity index (χ3n) is 2.13. The van der Waals surface area contributed by atoms with Crippen LogP contribution in [0.1, 0.15) is 10.4 Å². The minimum Gasteiger partial charge on any atom is -0.478 e. The Morgan fingerprint density at radius 2 is 2.00 bits per heavy atom. The van der Waals surface area contributed by atoms with E-state index in [-0.39, 0.29) is 10.5 Å². The molecule has 0 radical (unpaired) electrons. The first-order valence-electron chi connectivity index (χ1n) is 4.88. The topological polar surface area (TPSA) is 50.2 Å². The molecule has 18 heavy (non-hydrogen) atoms. The first kappa shape index (κ1) is 12.5. The van der Waals surface area contributed by atoms with E-state index in [4.69, 9.17) is 5.11 Å². The van der Waals surface area contributed by atoms with Gasteiger partial charge in [-0.3, -0.25) is 4.98 Å². The number of carboxylic acids is 1. The van der Waals surface area contributed by atoms with Crippen LogP contribution in [0, 0.1) is 11.6 Å². The molecular weight excluding hydrogens is 260 g/mol. The maximum atomic E-state index is 13.4. The van der Waals surface area contributed by atoms with Gasteiger partial charge in [0, 0.05) is 28.3 Å². The summed E-state index contributed by atoms with van der Waals surface area (Å²) < 4.78 is 26.2. The molecule has 6 heteroatoms. The Balaban J connectivity index is 2.37. The van der Waals surface area contributed by atoms with E-state index in [0.29, 0.717) is 4.90 Å². The molecular formula is C12H7F2NO2S. The minimum absolute atomic E-state index is 0.0266. The van der Waals surface area contributed by atoms with Gasteiger partial charge in [-0.25, -0.2) is 13.6 Å². The van der Waals surface area contributed by atoms with Crippen molar-refractivity contribution in [1.82, 2.24) is 4.98 Å². The van der Waals surface area contributed by atoms with Gasteiger partial charge >= 0.3 is 5.97 Å². The van der Waals surface area contributed by atoms with E-state index in [9.17, 15) is 13.6 Å². The maximum absolute atomic E-state index is 13.4. The summed E-state index contributed by atoms with van der Waals surface area (Å²) in [4.78, 5) is 15.2. The molecule has 0 saturated carbocycles. The smallest absolute Gasteiger partial charge is 0.336 e. The molecule has 2 rings (SSSR count). The van der Waals surface area contributed by atoms with Gasteiger partial charge in [-0.15, -0.1) is 0 Å². The summed E-state index contributed by atoms with van der Waals surface area (Å²) in [7, 11) is 0. The molecule has 0 amide bonds. The highest BCUT2D eigenvalue weighted by atomic mass is 32.2. The van der Waals surface area contributed by atoms with Crippen LogP contribution in [0.25, 0.3) is 0 Å². The molecule has 0 unspecified atom stereocenters. The number of aromatic nitrogens is 1. The van der Waals surface area contributed by atoms with Crippen molar-refractivity contribution in [3.05, 3.63) is 53.9 Å². The van der Waals surface area contributed by atoms with Crippen molar-refractivity contribution >= 4 is 17.7 Å². The maximum Gasteiger partial charge on any atom is 0.336 e. The third-order valence-corrected chi connectivity index (χ3v) is 3.23. The van der Waals surface area contributed by atoms with Crippen LogP contribution < -0.4 is 0 Å². The van der Waals surface area contributed by atoms with Crippen molar-refractivity contribution in [2.45, 2.75) is 9.79 Å². The van der Waals surface area contributed by atoms with Crippen LogP contribution in [0.2, 0.25) is 0 Å². The van der Waals surface area contributed by atoms with E-state index in [2.05, 4.69) is 4.98 Å². The van der Waals surface area contributed by atoms with Crippen LogP contribution in [0.3, 0.4) is 0 Å². The number of carbonyl (C=O) groups is 1. The van der Waals surface area contributed by atoms with Crippen LogP contribution in [0.15, 0.2) is 46.5 Å². The second-order valence-electron chi connectivity index (χ2n) is 3.35. The number of rotatable bonds is 3. The summed E-state index contributed by atoms with van der Waals surface area (Å²) in [5, 5.41) is 8.96. The molecule has 0 fully saturated rings. The van der Waals surface area contributed by atoms with E-state index in [1.54, 1.807) is 0 Å². The lowest BCUT2D eigenvalue weighted by Gasteiger charge is -2.05. The molecule has 0 spiro atoms. The zero-order valence-corrected chi connectivity index (χ0v) is 9.75. The summed E-state index contributed by atoms with van der Waals surface area (Å²) in [5.74, 6) is -2.54. The molecule has 1 N–H and O–H groups in total. The fraction of sp³-hybridized carbons (Fsp3) is 0. The fourth-order valence-electron chi connectivity index (χ4n) is 1.31. The van der Waals surface area contributed by atoms with Crippen molar-refractivity contribution in [1.29, 1.82) is 0 Å². The molecule has 0 aliphatic carbocycles. The Morgan fingerprint density at radius 3 is 2.67 bits per heavy atom. The molecule has 0 bridgehead atoms. The number of benzene rings is 1. The van der Waals surface area contributed by atoms with Crippen molar-refractivity contribution in [3.63, 3.8) is 0 Å². The van der Waals surface area contributed by atoms with Crippen LogP contribution in [0.5, 0.6) is 0 Å². The first-order valence-corrected chi connectivity index (χ1v) is 5.70. The number of nitrogens with zero attached hydrogens (tertiary/aromatic N) is 1. The van der Waals surface area contributed by atoms with Crippen molar-refractivity contribution in [2.75, 3.05) is 0 Å². The SMILES string of the molecule is O=C(O)c1ccncc1Sc1ccc(F)cc1F. The largest absolute Gasteiger partial charge is 0.478 e. The lowest BCUT2D eigenvalue weighted by atomic mass is 10.3. The summed E-state index contributed by atoms with van der Waals surface area (Å²) in [6.45, 7) is 0. The Kier molecular flexibility index (Phi) is 3.57. The lowest BCUT2D eigenvalue weighted by molar-refractivity contribution is 0.0693. The van der Waals surface area contributed by atoms with Crippen LogP contribution in [0.4, 0.5) is 8.78 Å². The third kappa shape index (κ3) is 2.65. The average molecular weight is 267 g/mol. The molecule has 1 heterocycles. The van der Waals surface area contributed by atoms with Crippen molar-refractivity contribution in [3.8, 4) is 0 Å². The van der Waals surface area contributed by atoms with Crippen LogP contribution >= 0.6 is 11.8 Å². The standard InChI is InChI=1S/C12H7F2NO2S/c13-7-1-2-10(9(14)5-7)18-11-6-15-4-3-8(11)12(16)17/h1-6H,(H,16,17). The van der Waals surface area contributed by atoms with Gasteiger partial charge in [-0.1, -0.05) is 11.8 Å². The molecule has 0 aliphatic rings. The number of hydrogen-bond donors (Lipinski definition) is 1. The molecule has 1 aromatic heterocycles. The van der Waals surface area contributed by atoms with E-state index in [1.165, 1.54) is 24.5 Å². The van der Waals surface area contributed by atoms with E-state index in [1.807, 2.05) is 0 Å². The van der Waals surface area contributed by atoms with Crippen molar-refractivity contribution in [2.24, 2.45) is 0 Å².